The van der Waals surface area contributed by atoms with Crippen molar-refractivity contribution in [3.63, 3.8) is 0 Å². The summed E-state index contributed by atoms with van der Waals surface area (Å²) in [6.07, 6.45) is 9.21. The standard InChI is InChI=1S/C22H23N7O2S/c30-12-16-1-6-21(23-11-16)28-9-7-17(8-10-28)22-25-18(14-32-22)13-31-20-4-2-19(3-5-20)29-15-24-26-27-29/h2-6,11-12,14-17H,1,7-10,13H2. The van der Waals surface area contributed by atoms with E-state index < -0.39 is 0 Å². The largest absolute Gasteiger partial charge is 0.487 e. The van der Waals surface area contributed by atoms with Gasteiger partial charge in [0.1, 0.15) is 30.8 Å². The number of benzene rings is 1. The molecule has 2 aliphatic heterocycles. The van der Waals surface area contributed by atoms with E-state index in [4.69, 9.17) is 9.72 Å². The van der Waals surface area contributed by atoms with Gasteiger partial charge in [0, 0.05) is 30.6 Å². The molecular formula is C22H23N7O2S. The highest BCUT2D eigenvalue weighted by Crippen LogP contribution is 2.32. The molecule has 5 rings (SSSR count). The van der Waals surface area contributed by atoms with Crippen LogP contribution in [0.5, 0.6) is 5.75 Å². The Bertz CT molecular complexity index is 1100. The number of carbonyl (C=O) groups is 1. The van der Waals surface area contributed by atoms with Gasteiger partial charge in [-0.3, -0.25) is 0 Å². The van der Waals surface area contributed by atoms with E-state index in [1.807, 2.05) is 24.3 Å². The van der Waals surface area contributed by atoms with Crippen LogP contribution in [-0.4, -0.2) is 55.7 Å². The fraction of sp³-hybridized carbons (Fsp3) is 0.364. The smallest absolute Gasteiger partial charge is 0.143 e. The van der Waals surface area contributed by atoms with Gasteiger partial charge in [-0.05, 0) is 60.0 Å². The summed E-state index contributed by atoms with van der Waals surface area (Å²) in [6.45, 7) is 2.36. The van der Waals surface area contributed by atoms with Gasteiger partial charge >= 0.3 is 0 Å². The molecule has 0 saturated carbocycles. The number of aliphatic imine (C=N–C) groups is 1. The first kappa shape index (κ1) is 20.5. The zero-order valence-electron chi connectivity index (χ0n) is 17.4. The van der Waals surface area contributed by atoms with E-state index in [9.17, 15) is 4.79 Å². The van der Waals surface area contributed by atoms with Gasteiger partial charge in [-0.2, -0.15) is 0 Å². The Balaban J connectivity index is 1.12. The Kier molecular flexibility index (Phi) is 6.02. The van der Waals surface area contributed by atoms with Crippen LogP contribution in [0.25, 0.3) is 5.69 Å². The number of carbonyl (C=O) groups excluding carboxylic acids is 1. The number of aromatic nitrogens is 5. The van der Waals surface area contributed by atoms with Crippen molar-refractivity contribution in [2.75, 3.05) is 13.1 Å². The molecule has 0 bridgehead atoms. The number of likely N-dealkylation sites (tertiary alicyclic amines) is 1. The molecule has 0 radical (unpaired) electrons. The van der Waals surface area contributed by atoms with Crippen molar-refractivity contribution >= 4 is 23.8 Å². The topological polar surface area (TPSA) is 98.4 Å². The Labute approximate surface area is 189 Å². The lowest BCUT2D eigenvalue weighted by Crippen LogP contribution is -2.32. The van der Waals surface area contributed by atoms with Crippen LogP contribution in [0, 0.1) is 5.92 Å². The average Bonchev–Trinajstić information content (AvgIpc) is 3.56. The molecule has 1 saturated heterocycles. The van der Waals surface area contributed by atoms with Crippen LogP contribution in [0.2, 0.25) is 0 Å². The molecule has 3 aromatic rings. The SMILES string of the molecule is O=CC1C=NC(N2CCC(c3nc(COc4ccc(-n5cnnn5)cc4)cs3)CC2)=CC1. The van der Waals surface area contributed by atoms with Gasteiger partial charge < -0.3 is 14.4 Å². The zero-order chi connectivity index (χ0) is 21.8. The first-order valence-electron chi connectivity index (χ1n) is 10.6. The van der Waals surface area contributed by atoms with Gasteiger partial charge in [0.05, 0.1) is 22.3 Å². The Morgan fingerprint density at radius 1 is 1.19 bits per heavy atom. The lowest BCUT2D eigenvalue weighted by Gasteiger charge is -2.33. The van der Waals surface area contributed by atoms with Crippen LogP contribution in [-0.2, 0) is 11.4 Å². The van der Waals surface area contributed by atoms with Gasteiger partial charge in [0.2, 0.25) is 0 Å². The Hall–Kier alpha value is -3.40. The Morgan fingerprint density at radius 3 is 2.72 bits per heavy atom. The lowest BCUT2D eigenvalue weighted by atomic mass is 9.97. The summed E-state index contributed by atoms with van der Waals surface area (Å²) < 4.78 is 7.50. The average molecular weight is 450 g/mol. The van der Waals surface area contributed by atoms with Crippen molar-refractivity contribution < 1.29 is 9.53 Å². The maximum absolute atomic E-state index is 10.9. The van der Waals surface area contributed by atoms with Gasteiger partial charge in [-0.15, -0.1) is 16.4 Å². The van der Waals surface area contributed by atoms with Crippen molar-refractivity contribution in [3.05, 3.63) is 58.6 Å². The molecule has 2 aromatic heterocycles. The number of hydrogen-bond acceptors (Lipinski definition) is 9. The molecule has 9 nitrogen and oxygen atoms in total. The van der Waals surface area contributed by atoms with Crippen molar-refractivity contribution in [3.8, 4) is 11.4 Å². The maximum atomic E-state index is 10.9. The zero-order valence-corrected chi connectivity index (χ0v) is 18.3. The van der Waals surface area contributed by atoms with E-state index >= 15 is 0 Å². The normalized spacial score (nSPS) is 19.1. The van der Waals surface area contributed by atoms with Crippen LogP contribution < -0.4 is 4.74 Å². The summed E-state index contributed by atoms with van der Waals surface area (Å²) in [4.78, 5) is 22.5. The van der Waals surface area contributed by atoms with Crippen LogP contribution >= 0.6 is 11.3 Å². The second-order valence-corrected chi connectivity index (χ2v) is 8.74. The van der Waals surface area contributed by atoms with E-state index in [1.54, 1.807) is 28.6 Å². The molecule has 164 valence electrons. The molecule has 4 heterocycles. The summed E-state index contributed by atoms with van der Waals surface area (Å²) in [7, 11) is 0. The number of hydrogen-bond donors (Lipinski definition) is 0. The fourth-order valence-electron chi connectivity index (χ4n) is 3.89. The van der Waals surface area contributed by atoms with Gasteiger partial charge in [0.25, 0.3) is 0 Å². The minimum absolute atomic E-state index is 0.0730. The first-order valence-corrected chi connectivity index (χ1v) is 11.5. The highest BCUT2D eigenvalue weighted by molar-refractivity contribution is 7.09. The minimum Gasteiger partial charge on any atom is -0.487 e. The summed E-state index contributed by atoms with van der Waals surface area (Å²) in [5.74, 6) is 2.18. The molecule has 2 aliphatic rings. The number of rotatable bonds is 7. The molecule has 1 unspecified atom stereocenters. The summed E-state index contributed by atoms with van der Waals surface area (Å²) in [6, 6.07) is 7.63. The van der Waals surface area contributed by atoms with E-state index in [2.05, 4.69) is 36.9 Å². The molecule has 0 aliphatic carbocycles. The third-order valence-corrected chi connectivity index (χ3v) is 6.78. The van der Waals surface area contributed by atoms with E-state index in [0.29, 0.717) is 12.5 Å². The number of piperidine rings is 1. The molecule has 0 amide bonds. The van der Waals surface area contributed by atoms with Crippen molar-refractivity contribution in [2.24, 2.45) is 10.9 Å². The first-order chi connectivity index (χ1) is 15.8. The number of nitrogens with zero attached hydrogens (tertiary/aromatic N) is 7. The molecule has 0 N–H and O–H groups in total. The molecule has 1 fully saturated rings. The predicted molar refractivity (Wildman–Crippen MR) is 120 cm³/mol. The molecule has 0 spiro atoms. The molecular weight excluding hydrogens is 426 g/mol. The van der Waals surface area contributed by atoms with E-state index in [-0.39, 0.29) is 5.92 Å². The Morgan fingerprint density at radius 2 is 2.03 bits per heavy atom. The number of ether oxygens (including phenoxy) is 1. The second-order valence-electron chi connectivity index (χ2n) is 7.85. The highest BCUT2D eigenvalue weighted by atomic mass is 32.1. The third-order valence-electron chi connectivity index (χ3n) is 5.72. The van der Waals surface area contributed by atoms with Crippen LogP contribution in [0.1, 0.15) is 35.9 Å². The number of thiazole rings is 1. The summed E-state index contributed by atoms with van der Waals surface area (Å²) in [5.41, 5.74) is 1.83. The second kappa shape index (κ2) is 9.39. The summed E-state index contributed by atoms with van der Waals surface area (Å²) >= 11 is 1.71. The molecule has 1 atom stereocenters. The number of allylic oxidation sites excluding steroid dienone is 1. The molecule has 10 heteroatoms. The number of aldehydes is 1. The van der Waals surface area contributed by atoms with Crippen molar-refractivity contribution in [2.45, 2.75) is 31.8 Å². The highest BCUT2D eigenvalue weighted by Gasteiger charge is 2.25. The summed E-state index contributed by atoms with van der Waals surface area (Å²) in [5, 5.41) is 14.4. The van der Waals surface area contributed by atoms with Crippen LogP contribution in [0.4, 0.5) is 0 Å². The van der Waals surface area contributed by atoms with E-state index in [1.165, 1.54) is 5.01 Å². The van der Waals surface area contributed by atoms with E-state index in [0.717, 1.165) is 61.6 Å². The monoisotopic (exact) mass is 449 g/mol. The van der Waals surface area contributed by atoms with Crippen LogP contribution in [0.15, 0.2) is 52.9 Å². The third kappa shape index (κ3) is 4.59. The predicted octanol–water partition coefficient (Wildman–Crippen LogP) is 3.01. The maximum Gasteiger partial charge on any atom is 0.143 e. The molecule has 1 aromatic carbocycles. The van der Waals surface area contributed by atoms with Crippen molar-refractivity contribution in [1.82, 2.24) is 30.1 Å². The minimum atomic E-state index is -0.0730. The lowest BCUT2D eigenvalue weighted by molar-refractivity contribution is -0.109. The fourth-order valence-corrected chi connectivity index (χ4v) is 4.87. The van der Waals surface area contributed by atoms with Gasteiger partial charge in [-0.1, -0.05) is 0 Å². The molecule has 32 heavy (non-hydrogen) atoms. The van der Waals surface area contributed by atoms with Crippen LogP contribution in [0.3, 0.4) is 0 Å². The van der Waals surface area contributed by atoms with Gasteiger partial charge in [-0.25, -0.2) is 14.7 Å². The van der Waals surface area contributed by atoms with Gasteiger partial charge in [0.15, 0.2) is 0 Å². The number of tetrazole rings is 1. The van der Waals surface area contributed by atoms with Crippen molar-refractivity contribution in [1.29, 1.82) is 0 Å². The quantitative estimate of drug-likeness (QED) is 0.511.